The first-order valence-corrected chi connectivity index (χ1v) is 7.41. The fraction of sp³-hybridized carbons (Fsp3) is 0.250. The molecule has 2 aromatic carbocycles. The van der Waals surface area contributed by atoms with Crippen LogP contribution in [0.4, 0.5) is 5.69 Å². The second kappa shape index (κ2) is 7.33. The lowest BCUT2D eigenvalue weighted by Gasteiger charge is -2.21. The number of rotatable bonds is 6. The number of methoxy groups -OCH3 is 2. The molecule has 0 bridgehead atoms. The van der Waals surface area contributed by atoms with Crippen LogP contribution in [0.5, 0.6) is 11.5 Å². The van der Waals surface area contributed by atoms with Crippen LogP contribution in [0, 0.1) is 0 Å². The Kier molecular flexibility index (Phi) is 5.47. The summed E-state index contributed by atoms with van der Waals surface area (Å²) < 4.78 is 11.7. The molecule has 21 heavy (non-hydrogen) atoms. The predicted octanol–water partition coefficient (Wildman–Crippen LogP) is 3.58. The number of hydrogen-bond donors (Lipinski definition) is 2. The Hall–Kier alpha value is -1.72. The van der Waals surface area contributed by atoms with Crippen molar-refractivity contribution in [2.24, 2.45) is 5.73 Å². The van der Waals surface area contributed by atoms with Gasteiger partial charge in [0.2, 0.25) is 0 Å². The van der Waals surface area contributed by atoms with Gasteiger partial charge in [0, 0.05) is 28.3 Å². The van der Waals surface area contributed by atoms with Crippen molar-refractivity contribution in [2.45, 2.75) is 6.04 Å². The van der Waals surface area contributed by atoms with Crippen molar-refractivity contribution >= 4 is 21.6 Å². The minimum absolute atomic E-state index is 0.0352. The van der Waals surface area contributed by atoms with Crippen molar-refractivity contribution in [3.8, 4) is 11.5 Å². The number of anilines is 1. The van der Waals surface area contributed by atoms with Crippen LogP contribution in [0.2, 0.25) is 0 Å². The summed E-state index contributed by atoms with van der Waals surface area (Å²) in [4.78, 5) is 0. The van der Waals surface area contributed by atoms with Gasteiger partial charge in [-0.2, -0.15) is 0 Å². The molecule has 0 fully saturated rings. The SMILES string of the molecule is COc1ccc(C(CN)Nc2ccc(Br)cc2)c(OC)c1. The van der Waals surface area contributed by atoms with Gasteiger partial charge in [-0.3, -0.25) is 0 Å². The number of ether oxygens (including phenoxy) is 2. The Morgan fingerprint density at radius 1 is 1.10 bits per heavy atom. The molecule has 1 atom stereocenters. The first kappa shape index (κ1) is 15.7. The van der Waals surface area contributed by atoms with Crippen molar-refractivity contribution in [3.05, 3.63) is 52.5 Å². The maximum Gasteiger partial charge on any atom is 0.127 e. The molecule has 0 aliphatic rings. The highest BCUT2D eigenvalue weighted by atomic mass is 79.9. The molecule has 0 aliphatic carbocycles. The van der Waals surface area contributed by atoms with Gasteiger partial charge in [-0.25, -0.2) is 0 Å². The minimum atomic E-state index is -0.0352. The maximum atomic E-state index is 5.92. The Labute approximate surface area is 133 Å². The molecule has 0 spiro atoms. The lowest BCUT2D eigenvalue weighted by Crippen LogP contribution is -2.21. The predicted molar refractivity (Wildman–Crippen MR) is 89.1 cm³/mol. The molecule has 0 heterocycles. The molecule has 2 rings (SSSR count). The van der Waals surface area contributed by atoms with Crippen molar-refractivity contribution < 1.29 is 9.47 Å². The van der Waals surface area contributed by atoms with Crippen LogP contribution >= 0.6 is 15.9 Å². The molecule has 112 valence electrons. The fourth-order valence-corrected chi connectivity index (χ4v) is 2.38. The molecule has 3 N–H and O–H groups in total. The Balaban J connectivity index is 2.26. The van der Waals surface area contributed by atoms with Crippen LogP contribution in [0.1, 0.15) is 11.6 Å². The third kappa shape index (κ3) is 3.89. The molecule has 5 heteroatoms. The van der Waals surface area contributed by atoms with E-state index in [9.17, 15) is 0 Å². The first-order valence-electron chi connectivity index (χ1n) is 6.62. The van der Waals surface area contributed by atoms with Crippen molar-refractivity contribution in [1.82, 2.24) is 0 Å². The van der Waals surface area contributed by atoms with Gasteiger partial charge in [0.05, 0.1) is 20.3 Å². The van der Waals surface area contributed by atoms with E-state index in [1.807, 2.05) is 42.5 Å². The molecule has 0 amide bonds. The molecule has 4 nitrogen and oxygen atoms in total. The molecule has 0 aliphatic heterocycles. The number of benzene rings is 2. The van der Waals surface area contributed by atoms with Gasteiger partial charge in [0.25, 0.3) is 0 Å². The van der Waals surface area contributed by atoms with Gasteiger partial charge < -0.3 is 20.5 Å². The highest BCUT2D eigenvalue weighted by molar-refractivity contribution is 9.10. The van der Waals surface area contributed by atoms with Crippen molar-refractivity contribution in [1.29, 1.82) is 0 Å². The van der Waals surface area contributed by atoms with Gasteiger partial charge in [-0.1, -0.05) is 15.9 Å². The average Bonchev–Trinajstić information content (AvgIpc) is 2.53. The minimum Gasteiger partial charge on any atom is -0.497 e. The molecular weight excluding hydrogens is 332 g/mol. The Morgan fingerprint density at radius 3 is 2.38 bits per heavy atom. The summed E-state index contributed by atoms with van der Waals surface area (Å²) in [5.41, 5.74) is 7.93. The van der Waals surface area contributed by atoms with Gasteiger partial charge in [0.1, 0.15) is 11.5 Å². The van der Waals surface area contributed by atoms with Crippen LogP contribution in [-0.4, -0.2) is 20.8 Å². The normalized spacial score (nSPS) is 11.8. The highest BCUT2D eigenvalue weighted by Gasteiger charge is 2.15. The number of halogens is 1. The summed E-state index contributed by atoms with van der Waals surface area (Å²) in [5.74, 6) is 1.52. The summed E-state index contributed by atoms with van der Waals surface area (Å²) in [6, 6.07) is 13.7. The van der Waals surface area contributed by atoms with E-state index in [0.717, 1.165) is 27.2 Å². The highest BCUT2D eigenvalue weighted by Crippen LogP contribution is 2.31. The van der Waals surface area contributed by atoms with Crippen LogP contribution in [0.15, 0.2) is 46.9 Å². The second-order valence-electron chi connectivity index (χ2n) is 4.55. The molecule has 0 radical (unpaired) electrons. The lowest BCUT2D eigenvalue weighted by atomic mass is 10.0. The zero-order valence-electron chi connectivity index (χ0n) is 12.1. The van der Waals surface area contributed by atoms with Crippen LogP contribution in [0.3, 0.4) is 0 Å². The topological polar surface area (TPSA) is 56.5 Å². The monoisotopic (exact) mass is 350 g/mol. The standard InChI is InChI=1S/C16H19BrN2O2/c1-20-13-7-8-14(16(9-13)21-2)15(10-18)19-12-5-3-11(17)4-6-12/h3-9,15,19H,10,18H2,1-2H3. The molecule has 0 saturated heterocycles. The molecule has 0 saturated carbocycles. The fourth-order valence-electron chi connectivity index (χ4n) is 2.12. The third-order valence-electron chi connectivity index (χ3n) is 3.24. The van der Waals surface area contributed by atoms with Crippen LogP contribution < -0.4 is 20.5 Å². The molecule has 1 unspecified atom stereocenters. The Morgan fingerprint density at radius 2 is 1.81 bits per heavy atom. The lowest BCUT2D eigenvalue weighted by molar-refractivity contribution is 0.389. The largest absolute Gasteiger partial charge is 0.497 e. The Bertz CT molecular complexity index is 587. The summed E-state index contributed by atoms with van der Waals surface area (Å²) in [7, 11) is 3.28. The smallest absolute Gasteiger partial charge is 0.127 e. The maximum absolute atomic E-state index is 5.92. The van der Waals surface area contributed by atoms with E-state index in [1.165, 1.54) is 0 Å². The summed E-state index contributed by atoms with van der Waals surface area (Å²) in [5, 5.41) is 3.42. The first-order chi connectivity index (χ1) is 10.2. The van der Waals surface area contributed by atoms with Crippen molar-refractivity contribution in [2.75, 3.05) is 26.1 Å². The van der Waals surface area contributed by atoms with Gasteiger partial charge in [0.15, 0.2) is 0 Å². The van der Waals surface area contributed by atoms with E-state index in [4.69, 9.17) is 15.2 Å². The quantitative estimate of drug-likeness (QED) is 0.835. The van der Waals surface area contributed by atoms with Gasteiger partial charge in [-0.15, -0.1) is 0 Å². The summed E-state index contributed by atoms with van der Waals surface area (Å²) in [6.45, 7) is 0.457. The second-order valence-corrected chi connectivity index (χ2v) is 5.46. The molecule has 0 aromatic heterocycles. The molecular formula is C16H19BrN2O2. The van der Waals surface area contributed by atoms with Gasteiger partial charge >= 0.3 is 0 Å². The van der Waals surface area contributed by atoms with E-state index in [0.29, 0.717) is 6.54 Å². The van der Waals surface area contributed by atoms with E-state index in [-0.39, 0.29) is 6.04 Å². The van der Waals surface area contributed by atoms with Crippen LogP contribution in [-0.2, 0) is 0 Å². The van der Waals surface area contributed by atoms with E-state index < -0.39 is 0 Å². The van der Waals surface area contributed by atoms with E-state index >= 15 is 0 Å². The third-order valence-corrected chi connectivity index (χ3v) is 3.77. The zero-order chi connectivity index (χ0) is 15.2. The number of hydrogen-bond acceptors (Lipinski definition) is 4. The number of nitrogens with one attached hydrogen (secondary N) is 1. The zero-order valence-corrected chi connectivity index (χ0v) is 13.7. The average molecular weight is 351 g/mol. The van der Waals surface area contributed by atoms with E-state index in [2.05, 4.69) is 21.2 Å². The molecule has 2 aromatic rings. The number of nitrogens with two attached hydrogens (primary N) is 1. The van der Waals surface area contributed by atoms with Crippen LogP contribution in [0.25, 0.3) is 0 Å². The van der Waals surface area contributed by atoms with Gasteiger partial charge in [-0.05, 0) is 36.4 Å². The summed E-state index contributed by atoms with van der Waals surface area (Å²) >= 11 is 3.43. The van der Waals surface area contributed by atoms with Crippen molar-refractivity contribution in [3.63, 3.8) is 0 Å². The van der Waals surface area contributed by atoms with E-state index in [1.54, 1.807) is 14.2 Å². The summed E-state index contributed by atoms with van der Waals surface area (Å²) in [6.07, 6.45) is 0.